The molecule has 2 aliphatic rings. The van der Waals surface area contributed by atoms with Gasteiger partial charge in [0.2, 0.25) is 11.6 Å². The summed E-state index contributed by atoms with van der Waals surface area (Å²) < 4.78 is 32.7. The van der Waals surface area contributed by atoms with Crippen LogP contribution in [0.5, 0.6) is 0 Å². The second-order valence-corrected chi connectivity index (χ2v) is 6.69. The summed E-state index contributed by atoms with van der Waals surface area (Å²) in [5.41, 5.74) is -1.98. The van der Waals surface area contributed by atoms with Crippen LogP contribution in [-0.4, -0.2) is 30.3 Å². The molecule has 0 N–H and O–H groups in total. The first-order chi connectivity index (χ1) is 7.12. The van der Waals surface area contributed by atoms with E-state index >= 15 is 0 Å². The maximum Gasteiger partial charge on any atom is 1.00 e. The van der Waals surface area contributed by atoms with E-state index < -0.39 is 44.2 Å². The molecule has 2 saturated carbocycles. The Labute approximate surface area is 122 Å². The summed E-state index contributed by atoms with van der Waals surface area (Å²) in [7, 11) is -4.50. The van der Waals surface area contributed by atoms with Crippen molar-refractivity contribution < 1.29 is 52.1 Å². The van der Waals surface area contributed by atoms with Gasteiger partial charge < -0.3 is 4.55 Å². The van der Waals surface area contributed by atoms with E-state index in [1.807, 2.05) is 0 Å². The van der Waals surface area contributed by atoms with Crippen molar-refractivity contribution in [3.8, 4) is 0 Å². The number of fused-ring (bicyclic) bond motifs is 2. The van der Waals surface area contributed by atoms with E-state index in [0.29, 0.717) is 12.8 Å². The summed E-state index contributed by atoms with van der Waals surface area (Å²) in [4.78, 5) is 23.5. The topological polar surface area (TPSA) is 91.3 Å². The largest absolute Gasteiger partial charge is 1.00 e. The molecule has 0 saturated heterocycles. The molecule has 17 heavy (non-hydrogen) atoms. The molecular formula is C10H13NaO5S. The molecule has 0 amide bonds. The Morgan fingerprint density at radius 2 is 1.88 bits per heavy atom. The average Bonchev–Trinajstić information content (AvgIpc) is 2.39. The third-order valence-electron chi connectivity index (χ3n) is 4.36. The molecule has 0 aromatic heterocycles. The maximum atomic E-state index is 11.8. The molecule has 5 nitrogen and oxygen atoms in total. The summed E-state index contributed by atoms with van der Waals surface area (Å²) in [5, 5.41) is 0. The van der Waals surface area contributed by atoms with Crippen molar-refractivity contribution in [2.75, 3.05) is 5.75 Å². The first kappa shape index (κ1) is 15.3. The van der Waals surface area contributed by atoms with Gasteiger partial charge in [0.1, 0.15) is 0 Å². The van der Waals surface area contributed by atoms with Gasteiger partial charge in [-0.3, -0.25) is 9.59 Å². The summed E-state index contributed by atoms with van der Waals surface area (Å²) in [6.07, 6.45) is 0.837. The van der Waals surface area contributed by atoms with Crippen molar-refractivity contribution in [3.05, 3.63) is 0 Å². The minimum absolute atomic E-state index is 0. The zero-order valence-corrected chi connectivity index (χ0v) is 13.0. The van der Waals surface area contributed by atoms with Crippen LogP contribution in [0.4, 0.5) is 0 Å². The van der Waals surface area contributed by atoms with Crippen LogP contribution in [0.15, 0.2) is 0 Å². The second-order valence-electron chi connectivity index (χ2n) is 5.29. The van der Waals surface area contributed by atoms with E-state index in [2.05, 4.69) is 0 Å². The molecule has 0 aromatic carbocycles. The monoisotopic (exact) mass is 268 g/mol. The minimum atomic E-state index is -4.50. The van der Waals surface area contributed by atoms with Gasteiger partial charge in [-0.05, 0) is 18.3 Å². The molecule has 7 heteroatoms. The Morgan fingerprint density at radius 1 is 1.35 bits per heavy atom. The fourth-order valence-electron chi connectivity index (χ4n) is 3.29. The molecule has 0 radical (unpaired) electrons. The summed E-state index contributed by atoms with van der Waals surface area (Å²) in [6.45, 7) is 3.41. The van der Waals surface area contributed by atoms with Crippen molar-refractivity contribution in [2.45, 2.75) is 26.7 Å². The number of hydrogen-bond acceptors (Lipinski definition) is 5. The van der Waals surface area contributed by atoms with Gasteiger partial charge in [-0.15, -0.1) is 0 Å². The number of carbonyl (C=O) groups is 2. The van der Waals surface area contributed by atoms with Crippen molar-refractivity contribution in [2.24, 2.45) is 16.7 Å². The minimum Gasteiger partial charge on any atom is -0.748 e. The standard InChI is InChI=1S/C10H14O5S.Na/c1-9(2)6-3-4-10(9,5-16(13,14)15)8(12)7(6)11;/h6H,3-5H2,1-2H3,(H,13,14,15);/q;+1/p-1. The van der Waals surface area contributed by atoms with Crippen LogP contribution in [0.2, 0.25) is 0 Å². The van der Waals surface area contributed by atoms with Crippen molar-refractivity contribution >= 4 is 21.7 Å². The molecule has 2 rings (SSSR count). The van der Waals surface area contributed by atoms with E-state index in [1.165, 1.54) is 0 Å². The first-order valence-corrected chi connectivity index (χ1v) is 6.72. The number of rotatable bonds is 2. The van der Waals surface area contributed by atoms with Crippen LogP contribution in [0, 0.1) is 16.7 Å². The third kappa shape index (κ3) is 1.94. The van der Waals surface area contributed by atoms with Gasteiger partial charge in [0.05, 0.1) is 21.3 Å². The van der Waals surface area contributed by atoms with Gasteiger partial charge in [0, 0.05) is 5.92 Å². The number of ketones is 2. The van der Waals surface area contributed by atoms with Crippen molar-refractivity contribution in [1.82, 2.24) is 0 Å². The summed E-state index contributed by atoms with van der Waals surface area (Å²) in [5.74, 6) is -2.32. The van der Waals surface area contributed by atoms with E-state index in [0.717, 1.165) is 0 Å². The Morgan fingerprint density at radius 3 is 2.24 bits per heavy atom. The summed E-state index contributed by atoms with van der Waals surface area (Å²) in [6, 6.07) is 0. The predicted octanol–water partition coefficient (Wildman–Crippen LogP) is -2.89. The smallest absolute Gasteiger partial charge is 0.748 e. The van der Waals surface area contributed by atoms with Crippen LogP contribution in [0.3, 0.4) is 0 Å². The Hall–Kier alpha value is 0.250. The Bertz CT molecular complexity index is 481. The molecule has 90 valence electrons. The zero-order valence-electron chi connectivity index (χ0n) is 10.1. The molecule has 2 fully saturated rings. The molecule has 0 aromatic rings. The van der Waals surface area contributed by atoms with Crippen molar-refractivity contribution in [3.63, 3.8) is 0 Å². The van der Waals surface area contributed by atoms with Gasteiger partial charge in [-0.25, -0.2) is 8.42 Å². The fraction of sp³-hybridized carbons (Fsp3) is 0.800. The number of Topliss-reactive ketones (excluding diaryl/α,β-unsaturated/α-hetero) is 2. The second kappa shape index (κ2) is 4.13. The molecule has 0 spiro atoms. The van der Waals surface area contributed by atoms with Crippen LogP contribution < -0.4 is 29.6 Å². The van der Waals surface area contributed by atoms with E-state index in [9.17, 15) is 22.6 Å². The third-order valence-corrected chi connectivity index (χ3v) is 5.21. The van der Waals surface area contributed by atoms with Gasteiger partial charge in [-0.1, -0.05) is 13.8 Å². The van der Waals surface area contributed by atoms with Crippen LogP contribution >= 0.6 is 0 Å². The SMILES string of the molecule is CC1(C)C2CCC1(CS(=O)(=O)[O-])C(=O)C2=O.[Na+]. The Balaban J connectivity index is 0.00000144. The molecule has 0 aliphatic heterocycles. The summed E-state index contributed by atoms with van der Waals surface area (Å²) >= 11 is 0. The zero-order chi connectivity index (χ0) is 12.4. The number of carbonyl (C=O) groups excluding carboxylic acids is 2. The predicted molar refractivity (Wildman–Crippen MR) is 53.5 cm³/mol. The Kier molecular flexibility index (Phi) is 3.72. The maximum absolute atomic E-state index is 11.8. The normalized spacial score (nSPS) is 34.9. The van der Waals surface area contributed by atoms with Gasteiger partial charge in [-0.2, -0.15) is 0 Å². The molecule has 2 atom stereocenters. The fourth-order valence-corrected chi connectivity index (χ4v) is 4.54. The van der Waals surface area contributed by atoms with E-state index in [1.54, 1.807) is 13.8 Å². The molecule has 0 heterocycles. The van der Waals surface area contributed by atoms with Gasteiger partial charge in [0.15, 0.2) is 0 Å². The molecule has 2 bridgehead atoms. The molecule has 2 aliphatic carbocycles. The van der Waals surface area contributed by atoms with Crippen LogP contribution in [0.1, 0.15) is 26.7 Å². The van der Waals surface area contributed by atoms with Crippen molar-refractivity contribution in [1.29, 1.82) is 0 Å². The quantitative estimate of drug-likeness (QED) is 0.304. The van der Waals surface area contributed by atoms with E-state index in [4.69, 9.17) is 0 Å². The average molecular weight is 268 g/mol. The number of hydrogen-bond donors (Lipinski definition) is 0. The van der Waals surface area contributed by atoms with Crippen LogP contribution in [0.25, 0.3) is 0 Å². The van der Waals surface area contributed by atoms with Gasteiger partial charge in [0.25, 0.3) is 0 Å². The van der Waals surface area contributed by atoms with Gasteiger partial charge >= 0.3 is 29.6 Å². The molecule has 2 unspecified atom stereocenters. The van der Waals surface area contributed by atoms with E-state index in [-0.39, 0.29) is 29.6 Å². The van der Waals surface area contributed by atoms with Crippen LogP contribution in [-0.2, 0) is 19.7 Å². The molecular weight excluding hydrogens is 255 g/mol. The first-order valence-electron chi connectivity index (χ1n) is 5.14.